The van der Waals surface area contributed by atoms with Gasteiger partial charge in [-0.25, -0.2) is 23.5 Å². The maximum atomic E-state index is 13.8. The molecule has 1 heterocycles. The van der Waals surface area contributed by atoms with Crippen LogP contribution in [0, 0.1) is 31.4 Å². The minimum absolute atomic E-state index is 0.0252. The van der Waals surface area contributed by atoms with Crippen molar-refractivity contribution in [3.63, 3.8) is 0 Å². The van der Waals surface area contributed by atoms with Gasteiger partial charge in [0.1, 0.15) is 11.6 Å². The van der Waals surface area contributed by atoms with E-state index in [2.05, 4.69) is 9.97 Å². The van der Waals surface area contributed by atoms with E-state index in [0.29, 0.717) is 22.5 Å². The lowest BCUT2D eigenvalue weighted by molar-refractivity contribution is -0.165. The number of hydrogen-bond acceptors (Lipinski definition) is 5. The number of ether oxygens (including phenoxy) is 2. The molecule has 0 amide bonds. The van der Waals surface area contributed by atoms with Crippen molar-refractivity contribution in [1.82, 2.24) is 9.97 Å². The Kier molecular flexibility index (Phi) is 7.38. The van der Waals surface area contributed by atoms with Crippen LogP contribution in [0.2, 0.25) is 0 Å². The molecule has 6 nitrogen and oxygen atoms in total. The lowest BCUT2D eigenvalue weighted by atomic mass is 9.80. The Morgan fingerprint density at radius 2 is 1.39 bits per heavy atom. The van der Waals surface area contributed by atoms with Crippen molar-refractivity contribution in [3.8, 4) is 6.01 Å². The van der Waals surface area contributed by atoms with E-state index in [0.717, 1.165) is 0 Å². The summed E-state index contributed by atoms with van der Waals surface area (Å²) in [5, 5.41) is 10.3. The molecule has 0 fully saturated rings. The second kappa shape index (κ2) is 10.0. The first-order valence-electron chi connectivity index (χ1n) is 10.5. The summed E-state index contributed by atoms with van der Waals surface area (Å²) in [7, 11) is 0. The summed E-state index contributed by atoms with van der Waals surface area (Å²) < 4.78 is 39.7. The van der Waals surface area contributed by atoms with Gasteiger partial charge in [-0.05, 0) is 61.2 Å². The van der Waals surface area contributed by atoms with Crippen molar-refractivity contribution in [2.75, 3.05) is 6.61 Å². The van der Waals surface area contributed by atoms with Crippen LogP contribution in [-0.2, 0) is 15.1 Å². The van der Waals surface area contributed by atoms with E-state index in [1.807, 2.05) is 13.8 Å². The van der Waals surface area contributed by atoms with Gasteiger partial charge in [-0.2, -0.15) is 0 Å². The SMILES string of the molecule is Cc1cc(C)nc(O[C@@H](C(=O)O)C(OCC(C)C)(c2ccc(F)cc2)c2ccc(F)cc2)n1. The van der Waals surface area contributed by atoms with E-state index < -0.39 is 29.3 Å². The topological polar surface area (TPSA) is 81.5 Å². The summed E-state index contributed by atoms with van der Waals surface area (Å²) in [6, 6.07) is 12.1. The highest BCUT2D eigenvalue weighted by molar-refractivity contribution is 5.76. The fourth-order valence-electron chi connectivity index (χ4n) is 3.56. The van der Waals surface area contributed by atoms with Crippen LogP contribution < -0.4 is 4.74 Å². The van der Waals surface area contributed by atoms with Crippen LogP contribution >= 0.6 is 0 Å². The number of carboxylic acids is 1. The van der Waals surface area contributed by atoms with Crippen LogP contribution in [0.25, 0.3) is 0 Å². The van der Waals surface area contributed by atoms with Crippen LogP contribution in [0.15, 0.2) is 54.6 Å². The van der Waals surface area contributed by atoms with Crippen molar-refractivity contribution in [2.45, 2.75) is 39.4 Å². The van der Waals surface area contributed by atoms with Crippen LogP contribution in [0.5, 0.6) is 6.01 Å². The van der Waals surface area contributed by atoms with Gasteiger partial charge in [0, 0.05) is 11.4 Å². The average Bonchev–Trinajstić information content (AvgIpc) is 2.74. The molecule has 33 heavy (non-hydrogen) atoms. The first kappa shape index (κ1) is 24.3. The molecular formula is C25H26F2N2O4. The number of benzene rings is 2. The molecule has 8 heteroatoms. The number of nitrogens with zero attached hydrogens (tertiary/aromatic N) is 2. The molecule has 174 valence electrons. The molecule has 1 N–H and O–H groups in total. The first-order valence-corrected chi connectivity index (χ1v) is 10.5. The number of hydrogen-bond donors (Lipinski definition) is 1. The van der Waals surface area contributed by atoms with Gasteiger partial charge in [0.25, 0.3) is 0 Å². The quantitative estimate of drug-likeness (QED) is 0.497. The third kappa shape index (κ3) is 5.51. The van der Waals surface area contributed by atoms with Crippen LogP contribution in [0.1, 0.15) is 36.4 Å². The molecule has 2 aromatic carbocycles. The maximum absolute atomic E-state index is 13.8. The van der Waals surface area contributed by atoms with E-state index in [4.69, 9.17) is 9.47 Å². The van der Waals surface area contributed by atoms with Crippen molar-refractivity contribution in [3.05, 3.63) is 88.7 Å². The van der Waals surface area contributed by atoms with Crippen molar-refractivity contribution in [2.24, 2.45) is 5.92 Å². The molecule has 0 saturated carbocycles. The summed E-state index contributed by atoms with van der Waals surface area (Å²) in [6.45, 7) is 7.43. The standard InChI is InChI=1S/C25H26F2N2O4/c1-15(2)14-32-25(18-5-9-20(26)10-6-18,19-7-11-21(27)12-8-19)22(23(30)31)33-24-28-16(3)13-17(4)29-24/h5-13,15,22H,14H2,1-4H3,(H,30,31)/t22-/m0/s1. The highest BCUT2D eigenvalue weighted by atomic mass is 19.1. The Bertz CT molecular complexity index is 1040. The normalized spacial score (nSPS) is 12.6. The molecule has 0 bridgehead atoms. The molecule has 3 rings (SSSR count). The van der Waals surface area contributed by atoms with E-state index in [9.17, 15) is 18.7 Å². The lowest BCUT2D eigenvalue weighted by Crippen LogP contribution is -2.52. The average molecular weight is 456 g/mol. The van der Waals surface area contributed by atoms with Gasteiger partial charge in [-0.1, -0.05) is 38.1 Å². The Balaban J connectivity index is 2.27. The molecule has 3 aromatic rings. The van der Waals surface area contributed by atoms with Crippen molar-refractivity contribution >= 4 is 5.97 Å². The molecule has 0 unspecified atom stereocenters. The zero-order valence-corrected chi connectivity index (χ0v) is 18.9. The van der Waals surface area contributed by atoms with Gasteiger partial charge in [-0.15, -0.1) is 0 Å². The Hall–Kier alpha value is -3.39. The number of halogens is 2. The number of aryl methyl sites for hydroxylation is 2. The molecule has 0 aliphatic carbocycles. The Labute approximate surface area is 191 Å². The summed E-state index contributed by atoms with van der Waals surface area (Å²) in [4.78, 5) is 21.1. The van der Waals surface area contributed by atoms with Crippen LogP contribution in [0.3, 0.4) is 0 Å². The smallest absolute Gasteiger partial charge is 0.348 e. The fraction of sp³-hybridized carbons (Fsp3) is 0.320. The van der Waals surface area contributed by atoms with Gasteiger partial charge in [-0.3, -0.25) is 0 Å². The van der Waals surface area contributed by atoms with E-state index in [1.165, 1.54) is 48.5 Å². The van der Waals surface area contributed by atoms with Gasteiger partial charge in [0.05, 0.1) is 6.61 Å². The molecule has 0 saturated heterocycles. The number of carboxylic acid groups (broad SMARTS) is 1. The minimum atomic E-state index is -1.75. The highest BCUT2D eigenvalue weighted by Gasteiger charge is 2.50. The van der Waals surface area contributed by atoms with E-state index in [1.54, 1.807) is 19.9 Å². The third-order valence-electron chi connectivity index (χ3n) is 4.97. The third-order valence-corrected chi connectivity index (χ3v) is 4.97. The monoisotopic (exact) mass is 456 g/mol. The maximum Gasteiger partial charge on any atom is 0.348 e. The zero-order chi connectivity index (χ0) is 24.2. The second-order valence-electron chi connectivity index (χ2n) is 8.22. The van der Waals surface area contributed by atoms with Gasteiger partial charge in [0.15, 0.2) is 5.60 Å². The number of aromatic nitrogens is 2. The van der Waals surface area contributed by atoms with E-state index >= 15 is 0 Å². The second-order valence-corrected chi connectivity index (χ2v) is 8.22. The largest absolute Gasteiger partial charge is 0.478 e. The number of rotatable bonds is 9. The first-order chi connectivity index (χ1) is 15.6. The predicted octanol–water partition coefficient (Wildman–Crippen LogP) is 4.82. The molecular weight excluding hydrogens is 430 g/mol. The molecule has 0 aliphatic heterocycles. The summed E-state index contributed by atoms with van der Waals surface area (Å²) in [6.07, 6.45) is -1.67. The molecule has 1 aromatic heterocycles. The summed E-state index contributed by atoms with van der Waals surface area (Å²) in [5.74, 6) is -2.32. The fourth-order valence-corrected chi connectivity index (χ4v) is 3.56. The van der Waals surface area contributed by atoms with Gasteiger partial charge >= 0.3 is 12.0 Å². The van der Waals surface area contributed by atoms with E-state index in [-0.39, 0.29) is 18.5 Å². The van der Waals surface area contributed by atoms with Crippen LogP contribution in [0.4, 0.5) is 8.78 Å². The summed E-state index contributed by atoms with van der Waals surface area (Å²) >= 11 is 0. The van der Waals surface area contributed by atoms with Gasteiger partial charge < -0.3 is 14.6 Å². The van der Waals surface area contributed by atoms with Crippen LogP contribution in [-0.4, -0.2) is 33.8 Å². The Morgan fingerprint density at radius 1 is 0.939 bits per heavy atom. The number of carbonyl (C=O) groups is 1. The zero-order valence-electron chi connectivity index (χ0n) is 18.9. The Morgan fingerprint density at radius 3 is 1.79 bits per heavy atom. The summed E-state index contributed by atoms with van der Waals surface area (Å²) in [5.41, 5.74) is 0.0945. The molecule has 0 aliphatic rings. The molecule has 0 radical (unpaired) electrons. The minimum Gasteiger partial charge on any atom is -0.478 e. The predicted molar refractivity (Wildman–Crippen MR) is 118 cm³/mol. The van der Waals surface area contributed by atoms with Gasteiger partial charge in [0.2, 0.25) is 6.10 Å². The molecule has 1 atom stereocenters. The lowest BCUT2D eigenvalue weighted by Gasteiger charge is -2.39. The molecule has 0 spiro atoms. The number of aliphatic carboxylic acids is 1. The van der Waals surface area contributed by atoms with Crippen molar-refractivity contribution < 1.29 is 28.2 Å². The van der Waals surface area contributed by atoms with Crippen molar-refractivity contribution in [1.29, 1.82) is 0 Å². The highest BCUT2D eigenvalue weighted by Crippen LogP contribution is 2.40.